The topological polar surface area (TPSA) is 175 Å². The molecule has 0 rings (SSSR count). The van der Waals surface area contributed by atoms with Gasteiger partial charge in [-0.3, -0.25) is 18.6 Å². The number of hydrogen-bond donors (Lipinski definition) is 4. The molecule has 4 atom stereocenters. The molecular weight excluding hydrogens is 745 g/mol. The van der Waals surface area contributed by atoms with Crippen molar-refractivity contribution in [2.24, 2.45) is 5.73 Å². The van der Waals surface area contributed by atoms with E-state index in [1.807, 2.05) is 6.08 Å². The van der Waals surface area contributed by atoms with Crippen molar-refractivity contribution in [3.05, 3.63) is 72.9 Å². The summed E-state index contributed by atoms with van der Waals surface area (Å²) in [6, 6.07) is 0. The van der Waals surface area contributed by atoms with Gasteiger partial charge in [-0.1, -0.05) is 132 Å². The highest BCUT2D eigenvalue weighted by Crippen LogP contribution is 2.43. The van der Waals surface area contributed by atoms with Gasteiger partial charge in [0.15, 0.2) is 6.10 Å². The standard InChI is InChI=1S/C45H78NO10P/c1-3-5-7-9-11-12-13-14-15-16-17-18-19-20-21-22-23-27-32-36-45(50)56-41(40-55-57(51,52)54-38-37-46)39-53-44(49)35-31-28-24-26-30-34-43(48)42(47)33-29-25-10-8-6-4-2/h5,7,11-12,14-15,17-18,20-21,25,29,41-43,47-48H,3-4,6,8-10,13,16,19,22-24,26-28,30-40,46H2,1-2H3,(H,51,52)/b7-5-,12-11-,15-14-,18-17-,21-20-,29-25-/t41-,42-,43-/m1/s1. The minimum atomic E-state index is -4.43. The normalized spacial score (nSPS) is 15.1. The molecule has 12 heteroatoms. The summed E-state index contributed by atoms with van der Waals surface area (Å²) in [5, 5.41) is 20.4. The summed E-state index contributed by atoms with van der Waals surface area (Å²) in [6.45, 7) is 3.32. The molecular formula is C45H78NO10P. The Labute approximate surface area is 345 Å². The first-order valence-corrected chi connectivity index (χ1v) is 23.1. The Morgan fingerprint density at radius 2 is 1.14 bits per heavy atom. The largest absolute Gasteiger partial charge is 0.472 e. The van der Waals surface area contributed by atoms with Gasteiger partial charge in [0, 0.05) is 19.4 Å². The molecule has 0 spiro atoms. The quantitative estimate of drug-likeness (QED) is 0.0201. The molecule has 1 unspecified atom stereocenters. The molecule has 57 heavy (non-hydrogen) atoms. The lowest BCUT2D eigenvalue weighted by atomic mass is 10.0. The molecule has 328 valence electrons. The number of carbonyl (C=O) groups excluding carboxylic acids is 2. The SMILES string of the molecule is CC/C=C\C/C=C\C/C=C\C/C=C\C/C=C\CCCCCC(=O)O[C@H](COC(=O)CCCCCCC[C@@H](O)[C@H](O)C/C=C\CCCCC)COP(=O)(O)OCCN. The zero-order valence-corrected chi connectivity index (χ0v) is 36.2. The fourth-order valence-electron chi connectivity index (χ4n) is 5.45. The number of rotatable bonds is 39. The fourth-order valence-corrected chi connectivity index (χ4v) is 6.21. The van der Waals surface area contributed by atoms with E-state index in [1.165, 1.54) is 12.8 Å². The van der Waals surface area contributed by atoms with Gasteiger partial charge in [0.25, 0.3) is 0 Å². The summed E-state index contributed by atoms with van der Waals surface area (Å²) in [4.78, 5) is 34.9. The zero-order valence-electron chi connectivity index (χ0n) is 35.3. The predicted molar refractivity (Wildman–Crippen MR) is 231 cm³/mol. The summed E-state index contributed by atoms with van der Waals surface area (Å²) in [6.07, 6.45) is 41.0. The van der Waals surface area contributed by atoms with Crippen LogP contribution in [0.2, 0.25) is 0 Å². The summed E-state index contributed by atoms with van der Waals surface area (Å²) in [7, 11) is -4.43. The summed E-state index contributed by atoms with van der Waals surface area (Å²) in [5.41, 5.74) is 5.33. The second-order valence-corrected chi connectivity index (χ2v) is 15.6. The van der Waals surface area contributed by atoms with Gasteiger partial charge < -0.3 is 30.3 Å². The van der Waals surface area contributed by atoms with Crippen LogP contribution in [-0.2, 0) is 32.7 Å². The first kappa shape index (κ1) is 54.4. The Morgan fingerprint density at radius 3 is 1.75 bits per heavy atom. The fraction of sp³-hybridized carbons (Fsp3) is 0.689. The van der Waals surface area contributed by atoms with E-state index in [4.69, 9.17) is 24.3 Å². The first-order chi connectivity index (χ1) is 27.6. The number of allylic oxidation sites excluding steroid dienone is 11. The number of unbranched alkanes of at least 4 members (excludes halogenated alkanes) is 10. The molecule has 0 saturated carbocycles. The molecule has 0 bridgehead atoms. The Bertz CT molecular complexity index is 1200. The van der Waals surface area contributed by atoms with Crippen molar-refractivity contribution in [2.45, 2.75) is 173 Å². The van der Waals surface area contributed by atoms with Crippen molar-refractivity contribution < 1.29 is 47.8 Å². The van der Waals surface area contributed by atoms with Crippen LogP contribution in [-0.4, -0.2) is 71.7 Å². The highest BCUT2D eigenvalue weighted by atomic mass is 31.2. The second kappa shape index (κ2) is 40.2. The average molecular weight is 824 g/mol. The van der Waals surface area contributed by atoms with Crippen molar-refractivity contribution in [2.75, 3.05) is 26.4 Å². The van der Waals surface area contributed by atoms with Crippen molar-refractivity contribution >= 4 is 19.8 Å². The third-order valence-corrected chi connectivity index (χ3v) is 9.76. The van der Waals surface area contributed by atoms with Crippen LogP contribution in [0.3, 0.4) is 0 Å². The molecule has 0 aromatic heterocycles. The predicted octanol–water partition coefficient (Wildman–Crippen LogP) is 10.2. The lowest BCUT2D eigenvalue weighted by molar-refractivity contribution is -0.161. The maximum absolute atomic E-state index is 12.6. The van der Waals surface area contributed by atoms with E-state index in [-0.39, 0.29) is 32.6 Å². The van der Waals surface area contributed by atoms with E-state index in [0.29, 0.717) is 25.7 Å². The van der Waals surface area contributed by atoms with E-state index in [2.05, 4.69) is 80.7 Å². The lowest BCUT2D eigenvalue weighted by Gasteiger charge is -2.19. The number of nitrogens with two attached hydrogens (primary N) is 1. The van der Waals surface area contributed by atoms with Gasteiger partial charge in [-0.25, -0.2) is 4.57 Å². The van der Waals surface area contributed by atoms with Crippen LogP contribution in [0.15, 0.2) is 72.9 Å². The first-order valence-electron chi connectivity index (χ1n) is 21.6. The number of aliphatic hydroxyl groups is 2. The smallest absolute Gasteiger partial charge is 0.462 e. The van der Waals surface area contributed by atoms with E-state index < -0.39 is 44.7 Å². The second-order valence-electron chi connectivity index (χ2n) is 14.1. The number of aliphatic hydroxyl groups excluding tert-OH is 2. The van der Waals surface area contributed by atoms with Gasteiger partial charge in [-0.05, 0) is 83.5 Å². The monoisotopic (exact) mass is 824 g/mol. The van der Waals surface area contributed by atoms with Crippen molar-refractivity contribution in [1.82, 2.24) is 0 Å². The van der Waals surface area contributed by atoms with Crippen LogP contribution < -0.4 is 5.73 Å². The van der Waals surface area contributed by atoms with Crippen LogP contribution in [0.5, 0.6) is 0 Å². The summed E-state index contributed by atoms with van der Waals surface area (Å²) in [5.74, 6) is -0.986. The van der Waals surface area contributed by atoms with Gasteiger partial charge >= 0.3 is 19.8 Å². The van der Waals surface area contributed by atoms with E-state index in [9.17, 15) is 29.3 Å². The Morgan fingerprint density at radius 1 is 0.614 bits per heavy atom. The van der Waals surface area contributed by atoms with E-state index in [0.717, 1.165) is 89.9 Å². The van der Waals surface area contributed by atoms with Crippen LogP contribution in [0, 0.1) is 0 Å². The maximum Gasteiger partial charge on any atom is 0.472 e. The highest BCUT2D eigenvalue weighted by Gasteiger charge is 2.26. The number of ether oxygens (including phenoxy) is 2. The van der Waals surface area contributed by atoms with Gasteiger partial charge in [0.2, 0.25) is 0 Å². The number of hydrogen-bond acceptors (Lipinski definition) is 10. The lowest BCUT2D eigenvalue weighted by Crippen LogP contribution is -2.29. The Kier molecular flexibility index (Phi) is 38.3. The van der Waals surface area contributed by atoms with E-state index >= 15 is 0 Å². The molecule has 0 heterocycles. The molecule has 11 nitrogen and oxygen atoms in total. The average Bonchev–Trinajstić information content (AvgIpc) is 3.19. The van der Waals surface area contributed by atoms with Gasteiger partial charge in [-0.2, -0.15) is 0 Å². The minimum Gasteiger partial charge on any atom is -0.462 e. The van der Waals surface area contributed by atoms with Crippen molar-refractivity contribution in [3.8, 4) is 0 Å². The molecule has 5 N–H and O–H groups in total. The summed E-state index contributed by atoms with van der Waals surface area (Å²) >= 11 is 0. The summed E-state index contributed by atoms with van der Waals surface area (Å²) < 4.78 is 32.6. The van der Waals surface area contributed by atoms with Crippen molar-refractivity contribution in [3.63, 3.8) is 0 Å². The van der Waals surface area contributed by atoms with Crippen LogP contribution >= 0.6 is 7.82 Å². The number of esters is 2. The zero-order chi connectivity index (χ0) is 42.1. The third kappa shape index (κ3) is 38.6. The molecule has 0 saturated heterocycles. The maximum atomic E-state index is 12.6. The van der Waals surface area contributed by atoms with Gasteiger partial charge in [-0.15, -0.1) is 0 Å². The molecule has 0 aromatic carbocycles. The van der Waals surface area contributed by atoms with Gasteiger partial charge in [0.05, 0.1) is 25.4 Å². The molecule has 0 aromatic rings. The Hall–Kier alpha value is -2.63. The van der Waals surface area contributed by atoms with Crippen LogP contribution in [0.1, 0.15) is 155 Å². The van der Waals surface area contributed by atoms with Crippen molar-refractivity contribution in [1.29, 1.82) is 0 Å². The molecule has 0 aliphatic rings. The highest BCUT2D eigenvalue weighted by molar-refractivity contribution is 7.47. The van der Waals surface area contributed by atoms with Crippen LogP contribution in [0.4, 0.5) is 0 Å². The van der Waals surface area contributed by atoms with E-state index in [1.54, 1.807) is 0 Å². The minimum absolute atomic E-state index is 0.0211. The number of phosphoric acid groups is 1. The molecule has 0 fully saturated rings. The Balaban J connectivity index is 4.36. The number of phosphoric ester groups is 1. The molecule has 0 aliphatic carbocycles. The van der Waals surface area contributed by atoms with Gasteiger partial charge in [0.1, 0.15) is 6.61 Å². The number of carbonyl (C=O) groups is 2. The molecule has 0 aliphatic heterocycles. The van der Waals surface area contributed by atoms with Crippen LogP contribution in [0.25, 0.3) is 0 Å². The molecule has 0 radical (unpaired) electrons. The third-order valence-electron chi connectivity index (χ3n) is 8.78. The molecule has 0 amide bonds.